The molecule has 2 rings (SSSR count). The lowest BCUT2D eigenvalue weighted by Gasteiger charge is -2.26. The molecule has 4 nitrogen and oxygen atoms in total. The van der Waals surface area contributed by atoms with Gasteiger partial charge in [-0.15, -0.1) is 0 Å². The van der Waals surface area contributed by atoms with Gasteiger partial charge >= 0.3 is 0 Å². The number of nitrogens with zero attached hydrogens (tertiary/aromatic N) is 1. The Morgan fingerprint density at radius 2 is 2.31 bits per heavy atom. The van der Waals surface area contributed by atoms with E-state index in [-0.39, 0.29) is 11.9 Å². The van der Waals surface area contributed by atoms with E-state index in [0.29, 0.717) is 6.42 Å². The van der Waals surface area contributed by atoms with Crippen LogP contribution in [-0.4, -0.2) is 18.5 Å². The Hall–Kier alpha value is -1.55. The fraction of sp³-hybridized carbons (Fsp3) is 0.417. The Bertz CT molecular complexity index is 392. The predicted octanol–water partition coefficient (Wildman–Crippen LogP) is 0.818. The normalized spacial score (nSPS) is 15.8. The van der Waals surface area contributed by atoms with Crippen molar-refractivity contribution in [1.82, 2.24) is 5.43 Å². The van der Waals surface area contributed by atoms with E-state index in [1.165, 1.54) is 11.3 Å². The summed E-state index contributed by atoms with van der Waals surface area (Å²) >= 11 is 0. The summed E-state index contributed by atoms with van der Waals surface area (Å²) in [6, 6.07) is 8.53. The average molecular weight is 219 g/mol. The molecule has 0 aliphatic carbocycles. The molecule has 1 heterocycles. The Morgan fingerprint density at radius 3 is 3.06 bits per heavy atom. The third-order valence-electron chi connectivity index (χ3n) is 3.10. The monoisotopic (exact) mass is 219 g/mol. The van der Waals surface area contributed by atoms with Gasteiger partial charge in [0.1, 0.15) is 0 Å². The smallest absolute Gasteiger partial charge is 0.235 e. The first-order valence-corrected chi connectivity index (χ1v) is 5.56. The van der Waals surface area contributed by atoms with Gasteiger partial charge in [-0.25, -0.2) is 5.84 Å². The molecule has 3 N–H and O–H groups in total. The zero-order chi connectivity index (χ0) is 11.5. The van der Waals surface area contributed by atoms with Gasteiger partial charge in [0.05, 0.1) is 0 Å². The van der Waals surface area contributed by atoms with E-state index in [1.807, 2.05) is 6.07 Å². The highest BCUT2D eigenvalue weighted by Crippen LogP contribution is 2.29. The van der Waals surface area contributed by atoms with Crippen molar-refractivity contribution < 1.29 is 4.79 Å². The van der Waals surface area contributed by atoms with E-state index in [2.05, 4.69) is 35.4 Å². The predicted molar refractivity (Wildman–Crippen MR) is 63.9 cm³/mol. The van der Waals surface area contributed by atoms with Crippen LogP contribution in [0.2, 0.25) is 0 Å². The van der Waals surface area contributed by atoms with Crippen molar-refractivity contribution in [2.75, 3.05) is 11.4 Å². The molecule has 16 heavy (non-hydrogen) atoms. The zero-order valence-electron chi connectivity index (χ0n) is 9.44. The summed E-state index contributed by atoms with van der Waals surface area (Å²) in [6.45, 7) is 3.04. The second kappa shape index (κ2) is 4.53. The topological polar surface area (TPSA) is 58.4 Å². The Kier molecular flexibility index (Phi) is 3.10. The number of amides is 1. The number of anilines is 1. The Morgan fingerprint density at radius 1 is 1.56 bits per heavy atom. The molecule has 0 radical (unpaired) electrons. The van der Waals surface area contributed by atoms with Crippen molar-refractivity contribution in [3.63, 3.8) is 0 Å². The van der Waals surface area contributed by atoms with Crippen LogP contribution in [-0.2, 0) is 11.2 Å². The molecule has 0 saturated carbocycles. The number of carbonyl (C=O) groups excluding carboxylic acids is 1. The maximum absolute atomic E-state index is 11.2. The highest BCUT2D eigenvalue weighted by Gasteiger charge is 2.23. The molecule has 0 spiro atoms. The van der Waals surface area contributed by atoms with E-state index in [9.17, 15) is 4.79 Å². The van der Waals surface area contributed by atoms with Gasteiger partial charge in [-0.1, -0.05) is 18.2 Å². The van der Waals surface area contributed by atoms with Crippen LogP contribution < -0.4 is 16.2 Å². The number of hydrogen-bond donors (Lipinski definition) is 2. The number of nitrogens with two attached hydrogens (primary N) is 1. The number of benzene rings is 1. The third kappa shape index (κ3) is 2.02. The molecule has 0 saturated heterocycles. The summed E-state index contributed by atoms with van der Waals surface area (Å²) in [4.78, 5) is 13.5. The van der Waals surface area contributed by atoms with Gasteiger partial charge in [-0.2, -0.15) is 0 Å². The molecule has 1 aromatic rings. The number of carbonyl (C=O) groups is 1. The third-order valence-corrected chi connectivity index (χ3v) is 3.10. The summed E-state index contributed by atoms with van der Waals surface area (Å²) in [5.41, 5.74) is 4.79. The molecular weight excluding hydrogens is 202 g/mol. The summed E-state index contributed by atoms with van der Waals surface area (Å²) in [7, 11) is 0. The number of rotatable bonds is 3. The van der Waals surface area contributed by atoms with Crippen LogP contribution in [0.4, 0.5) is 5.69 Å². The molecular formula is C12H17N3O. The molecule has 1 atom stereocenters. The van der Waals surface area contributed by atoms with E-state index in [1.54, 1.807) is 0 Å². The van der Waals surface area contributed by atoms with Crippen molar-refractivity contribution >= 4 is 11.6 Å². The van der Waals surface area contributed by atoms with Crippen LogP contribution in [0.15, 0.2) is 24.3 Å². The number of para-hydroxylation sites is 1. The first-order chi connectivity index (χ1) is 7.72. The molecule has 1 aliphatic heterocycles. The van der Waals surface area contributed by atoms with Gasteiger partial charge in [-0.3, -0.25) is 10.2 Å². The van der Waals surface area contributed by atoms with Gasteiger partial charge in [0.25, 0.3) is 0 Å². The minimum absolute atomic E-state index is 0.114. The highest BCUT2D eigenvalue weighted by molar-refractivity contribution is 5.76. The van der Waals surface area contributed by atoms with Crippen molar-refractivity contribution in [1.29, 1.82) is 0 Å². The number of hydrogen-bond acceptors (Lipinski definition) is 3. The second-order valence-corrected chi connectivity index (χ2v) is 4.19. The van der Waals surface area contributed by atoms with Gasteiger partial charge in [0.2, 0.25) is 5.91 Å². The average Bonchev–Trinajstić information content (AvgIpc) is 2.72. The van der Waals surface area contributed by atoms with Gasteiger partial charge < -0.3 is 4.90 Å². The minimum Gasteiger partial charge on any atom is -0.368 e. The lowest BCUT2D eigenvalue weighted by atomic mass is 10.1. The number of hydrazine groups is 1. The SMILES string of the molecule is CC(CC(=O)NN)N1CCc2ccccc21. The second-order valence-electron chi connectivity index (χ2n) is 4.19. The largest absolute Gasteiger partial charge is 0.368 e. The lowest BCUT2D eigenvalue weighted by Crippen LogP contribution is -2.38. The quantitative estimate of drug-likeness (QED) is 0.449. The maximum Gasteiger partial charge on any atom is 0.235 e. The zero-order valence-corrected chi connectivity index (χ0v) is 9.44. The summed E-state index contributed by atoms with van der Waals surface area (Å²) in [5.74, 6) is 4.98. The molecule has 86 valence electrons. The molecule has 1 unspecified atom stereocenters. The van der Waals surface area contributed by atoms with E-state index < -0.39 is 0 Å². The molecule has 1 aromatic carbocycles. The standard InChI is InChI=1S/C12H17N3O/c1-9(8-12(16)14-13)15-7-6-10-4-2-3-5-11(10)15/h2-5,9H,6-8,13H2,1H3,(H,14,16). The lowest BCUT2D eigenvalue weighted by molar-refractivity contribution is -0.121. The van der Waals surface area contributed by atoms with Gasteiger partial charge in [-0.05, 0) is 25.0 Å². The van der Waals surface area contributed by atoms with Crippen molar-refractivity contribution in [2.24, 2.45) is 5.84 Å². The fourth-order valence-corrected chi connectivity index (χ4v) is 2.26. The summed E-state index contributed by atoms with van der Waals surface area (Å²) in [5, 5.41) is 0. The molecule has 0 fully saturated rings. The minimum atomic E-state index is -0.114. The van der Waals surface area contributed by atoms with Crippen LogP contribution in [0.3, 0.4) is 0 Å². The van der Waals surface area contributed by atoms with E-state index in [0.717, 1.165) is 13.0 Å². The van der Waals surface area contributed by atoms with Crippen LogP contribution in [0, 0.1) is 0 Å². The molecule has 0 bridgehead atoms. The summed E-state index contributed by atoms with van der Waals surface area (Å²) in [6.07, 6.45) is 1.50. The fourth-order valence-electron chi connectivity index (χ4n) is 2.26. The molecule has 4 heteroatoms. The molecule has 1 aliphatic rings. The number of fused-ring (bicyclic) bond motifs is 1. The van der Waals surface area contributed by atoms with Crippen molar-refractivity contribution in [3.8, 4) is 0 Å². The molecule has 0 aromatic heterocycles. The Balaban J connectivity index is 2.10. The van der Waals surface area contributed by atoms with Crippen molar-refractivity contribution in [3.05, 3.63) is 29.8 Å². The molecule has 1 amide bonds. The number of nitrogens with one attached hydrogen (secondary N) is 1. The van der Waals surface area contributed by atoms with Gasteiger partial charge in [0.15, 0.2) is 0 Å². The maximum atomic E-state index is 11.2. The van der Waals surface area contributed by atoms with E-state index in [4.69, 9.17) is 5.84 Å². The first-order valence-electron chi connectivity index (χ1n) is 5.56. The van der Waals surface area contributed by atoms with Crippen molar-refractivity contribution in [2.45, 2.75) is 25.8 Å². The van der Waals surface area contributed by atoms with Crippen LogP contribution in [0.25, 0.3) is 0 Å². The van der Waals surface area contributed by atoms with Crippen LogP contribution in [0.1, 0.15) is 18.9 Å². The van der Waals surface area contributed by atoms with Gasteiger partial charge in [0, 0.05) is 24.7 Å². The first kappa shape index (κ1) is 11.0. The van der Waals surface area contributed by atoms with Crippen LogP contribution >= 0.6 is 0 Å². The van der Waals surface area contributed by atoms with E-state index >= 15 is 0 Å². The van der Waals surface area contributed by atoms with Crippen LogP contribution in [0.5, 0.6) is 0 Å². The Labute approximate surface area is 95.4 Å². The summed E-state index contributed by atoms with van der Waals surface area (Å²) < 4.78 is 0. The highest BCUT2D eigenvalue weighted by atomic mass is 16.2.